The Balaban J connectivity index is 2.97. The Morgan fingerprint density at radius 3 is 2.38 bits per heavy atom. The third-order valence-corrected chi connectivity index (χ3v) is 4.78. The number of hydrogen-bond donors (Lipinski definition) is 2. The Kier molecular flexibility index (Phi) is 5.94. The Bertz CT molecular complexity index is 629. The second-order valence-electron chi connectivity index (χ2n) is 4.80. The number of benzene rings is 1. The van der Waals surface area contributed by atoms with Crippen LogP contribution in [0.25, 0.3) is 0 Å². The van der Waals surface area contributed by atoms with E-state index in [-0.39, 0.29) is 11.3 Å². The summed E-state index contributed by atoms with van der Waals surface area (Å²) in [5.74, 6) is 1.18. The van der Waals surface area contributed by atoms with Gasteiger partial charge in [-0.2, -0.15) is 4.72 Å². The van der Waals surface area contributed by atoms with Crippen molar-refractivity contribution in [3.63, 3.8) is 0 Å². The highest BCUT2D eigenvalue weighted by molar-refractivity contribution is 7.89. The Morgan fingerprint density at radius 1 is 1.38 bits per heavy atom. The van der Waals surface area contributed by atoms with Crippen LogP contribution in [0.1, 0.15) is 38.2 Å². The molecule has 0 aromatic heterocycles. The maximum absolute atomic E-state index is 12.1. The largest absolute Gasteiger partial charge is 0.480 e. The second kappa shape index (κ2) is 7.25. The summed E-state index contributed by atoms with van der Waals surface area (Å²) >= 11 is 0. The third-order valence-electron chi connectivity index (χ3n) is 3.29. The summed E-state index contributed by atoms with van der Waals surface area (Å²) < 4.78 is 26.4. The highest BCUT2D eigenvalue weighted by atomic mass is 32.2. The molecule has 0 bridgehead atoms. The molecule has 0 amide bonds. The van der Waals surface area contributed by atoms with Crippen molar-refractivity contribution in [2.75, 3.05) is 0 Å². The predicted octanol–water partition coefficient (Wildman–Crippen LogP) is 1.95. The van der Waals surface area contributed by atoms with Gasteiger partial charge in [-0.3, -0.25) is 4.79 Å². The average molecular weight is 309 g/mol. The maximum Gasteiger partial charge on any atom is 0.322 e. The molecule has 0 aliphatic rings. The lowest BCUT2D eigenvalue weighted by Crippen LogP contribution is -2.40. The summed E-state index contributed by atoms with van der Waals surface area (Å²) in [6.45, 7) is 4.10. The molecule has 1 aromatic rings. The van der Waals surface area contributed by atoms with Crippen molar-refractivity contribution < 1.29 is 18.3 Å². The van der Waals surface area contributed by atoms with Crippen molar-refractivity contribution >= 4 is 16.0 Å². The molecule has 0 saturated carbocycles. The highest BCUT2D eigenvalue weighted by Gasteiger charge is 2.24. The van der Waals surface area contributed by atoms with Crippen LogP contribution in [0.4, 0.5) is 0 Å². The zero-order valence-corrected chi connectivity index (χ0v) is 12.9. The number of aliphatic carboxylic acids is 1. The highest BCUT2D eigenvalue weighted by Crippen LogP contribution is 2.20. The molecule has 1 aromatic carbocycles. The average Bonchev–Trinajstić information content (AvgIpc) is 2.45. The van der Waals surface area contributed by atoms with Gasteiger partial charge in [-0.15, -0.1) is 12.3 Å². The van der Waals surface area contributed by atoms with Gasteiger partial charge < -0.3 is 5.11 Å². The first kappa shape index (κ1) is 17.2. The van der Waals surface area contributed by atoms with Crippen LogP contribution in [-0.4, -0.2) is 25.5 Å². The molecule has 1 rings (SSSR count). The quantitative estimate of drug-likeness (QED) is 0.754. The van der Waals surface area contributed by atoms with Crippen molar-refractivity contribution in [3.05, 3.63) is 29.8 Å². The van der Waals surface area contributed by atoms with Gasteiger partial charge in [-0.05, 0) is 30.0 Å². The van der Waals surface area contributed by atoms with Crippen molar-refractivity contribution in [1.29, 1.82) is 0 Å². The summed E-state index contributed by atoms with van der Waals surface area (Å²) in [5.41, 5.74) is 1.04. The lowest BCUT2D eigenvalue weighted by Gasteiger charge is -2.13. The minimum atomic E-state index is -3.90. The third kappa shape index (κ3) is 4.59. The van der Waals surface area contributed by atoms with Gasteiger partial charge in [0.05, 0.1) is 4.90 Å². The van der Waals surface area contributed by atoms with Crippen LogP contribution in [-0.2, 0) is 14.8 Å². The van der Waals surface area contributed by atoms with Gasteiger partial charge in [-0.25, -0.2) is 8.42 Å². The smallest absolute Gasteiger partial charge is 0.322 e. The van der Waals surface area contributed by atoms with Gasteiger partial charge in [0, 0.05) is 6.42 Å². The van der Waals surface area contributed by atoms with Gasteiger partial charge in [0.15, 0.2) is 0 Å². The van der Waals surface area contributed by atoms with Gasteiger partial charge in [0.2, 0.25) is 10.0 Å². The SMILES string of the molecule is C#CCC(NS(=O)(=O)c1ccc(C(C)CC)cc1)C(=O)O. The Morgan fingerprint density at radius 2 is 1.95 bits per heavy atom. The maximum atomic E-state index is 12.1. The summed E-state index contributed by atoms with van der Waals surface area (Å²) in [7, 11) is -3.90. The fourth-order valence-electron chi connectivity index (χ4n) is 1.76. The van der Waals surface area contributed by atoms with Crippen LogP contribution in [0.3, 0.4) is 0 Å². The van der Waals surface area contributed by atoms with Crippen LogP contribution >= 0.6 is 0 Å². The molecular formula is C15H19NO4S. The lowest BCUT2D eigenvalue weighted by atomic mass is 9.99. The molecule has 0 saturated heterocycles. The Hall–Kier alpha value is -1.84. The van der Waals surface area contributed by atoms with Gasteiger partial charge >= 0.3 is 5.97 Å². The number of rotatable bonds is 7. The van der Waals surface area contributed by atoms with Crippen molar-refractivity contribution in [3.8, 4) is 12.3 Å². The molecule has 114 valence electrons. The molecule has 2 unspecified atom stereocenters. The molecule has 0 spiro atoms. The van der Waals surface area contributed by atoms with E-state index >= 15 is 0 Å². The van der Waals surface area contributed by atoms with Crippen molar-refractivity contribution in [2.45, 2.75) is 43.5 Å². The lowest BCUT2D eigenvalue weighted by molar-refractivity contribution is -0.138. The number of carboxylic acids is 1. The fraction of sp³-hybridized carbons (Fsp3) is 0.400. The van der Waals surface area contributed by atoms with Crippen LogP contribution < -0.4 is 4.72 Å². The van der Waals surface area contributed by atoms with Gasteiger partial charge in [0.25, 0.3) is 0 Å². The van der Waals surface area contributed by atoms with Crippen LogP contribution in [0.15, 0.2) is 29.2 Å². The monoisotopic (exact) mass is 309 g/mol. The van der Waals surface area contributed by atoms with Crippen LogP contribution in [0.5, 0.6) is 0 Å². The number of carboxylic acid groups (broad SMARTS) is 1. The molecule has 2 atom stereocenters. The summed E-state index contributed by atoms with van der Waals surface area (Å²) in [5, 5.41) is 8.94. The first-order valence-electron chi connectivity index (χ1n) is 6.60. The first-order valence-corrected chi connectivity index (χ1v) is 8.08. The van der Waals surface area contributed by atoms with Crippen molar-refractivity contribution in [1.82, 2.24) is 4.72 Å². The zero-order valence-electron chi connectivity index (χ0n) is 12.0. The predicted molar refractivity (Wildman–Crippen MR) is 80.3 cm³/mol. The number of sulfonamides is 1. The van der Waals surface area contributed by atoms with E-state index < -0.39 is 22.0 Å². The molecule has 0 aliphatic carbocycles. The van der Waals surface area contributed by atoms with Crippen molar-refractivity contribution in [2.24, 2.45) is 0 Å². The van der Waals surface area contributed by atoms with E-state index in [0.717, 1.165) is 12.0 Å². The standard InChI is InChI=1S/C15H19NO4S/c1-4-6-14(15(17)18)16-21(19,20)13-9-7-12(8-10-13)11(3)5-2/h1,7-11,14,16H,5-6H2,2-3H3,(H,17,18). The van der Waals surface area contributed by atoms with E-state index in [9.17, 15) is 13.2 Å². The molecule has 6 heteroatoms. The molecule has 2 N–H and O–H groups in total. The minimum absolute atomic E-state index is 0.0258. The molecule has 0 radical (unpaired) electrons. The molecule has 0 aliphatic heterocycles. The van der Waals surface area contributed by atoms with E-state index in [0.29, 0.717) is 5.92 Å². The van der Waals surface area contributed by atoms with Gasteiger partial charge in [0.1, 0.15) is 6.04 Å². The van der Waals surface area contributed by atoms with E-state index in [1.807, 2.05) is 6.92 Å². The van der Waals surface area contributed by atoms with E-state index in [1.165, 1.54) is 12.1 Å². The summed E-state index contributed by atoms with van der Waals surface area (Å²) in [6.07, 6.45) is 5.79. The van der Waals surface area contributed by atoms with E-state index in [2.05, 4.69) is 17.6 Å². The molecule has 5 nitrogen and oxygen atoms in total. The fourth-order valence-corrected chi connectivity index (χ4v) is 2.95. The van der Waals surface area contributed by atoms with E-state index in [4.69, 9.17) is 11.5 Å². The topological polar surface area (TPSA) is 83.5 Å². The first-order chi connectivity index (χ1) is 9.81. The van der Waals surface area contributed by atoms with Crippen LogP contribution in [0, 0.1) is 12.3 Å². The van der Waals surface area contributed by atoms with Crippen LogP contribution in [0.2, 0.25) is 0 Å². The van der Waals surface area contributed by atoms with E-state index in [1.54, 1.807) is 12.1 Å². The number of hydrogen-bond acceptors (Lipinski definition) is 3. The second-order valence-corrected chi connectivity index (χ2v) is 6.51. The number of nitrogens with one attached hydrogen (secondary N) is 1. The molecular weight excluding hydrogens is 290 g/mol. The van der Waals surface area contributed by atoms with Gasteiger partial charge in [-0.1, -0.05) is 26.0 Å². The molecule has 21 heavy (non-hydrogen) atoms. The normalized spacial score (nSPS) is 14.1. The number of terminal acetylenes is 1. The molecule has 0 heterocycles. The summed E-state index contributed by atoms with van der Waals surface area (Å²) in [4.78, 5) is 11.0. The molecule has 0 fully saturated rings. The summed E-state index contributed by atoms with van der Waals surface area (Å²) in [6, 6.07) is 5.09. The Labute approximate surface area is 125 Å². The number of carbonyl (C=O) groups is 1. The zero-order chi connectivity index (χ0) is 16.0. The minimum Gasteiger partial charge on any atom is -0.480 e.